The molecule has 0 spiro atoms. The molecule has 3 nitrogen and oxygen atoms in total. The Morgan fingerprint density at radius 1 is 0.209 bits per heavy atom. The lowest BCUT2D eigenvalue weighted by atomic mass is 9.67. The molecule has 0 atom stereocenters. The van der Waals surface area contributed by atoms with Gasteiger partial charge in [0.15, 0.2) is 0 Å². The molecule has 0 unspecified atom stereocenters. The van der Waals surface area contributed by atoms with Crippen molar-refractivity contribution in [3.05, 3.63) is 445 Å². The largest absolute Gasteiger partial charge is 0.456 e. The minimum atomic E-state index is -0.438. The maximum absolute atomic E-state index is 6.38. The third-order valence-electron chi connectivity index (χ3n) is 23.1. The van der Waals surface area contributed by atoms with Gasteiger partial charge in [-0.15, -0.1) is 34.0 Å². The third kappa shape index (κ3) is 9.86. The average molecular weight is 1460 g/mol. The van der Waals surface area contributed by atoms with E-state index in [-0.39, 0.29) is 0 Å². The van der Waals surface area contributed by atoms with Crippen molar-refractivity contribution in [3.63, 3.8) is 0 Å². The standard InChI is InChI=1S/C55H35NS2.C49H31NOS/c1-3-15-36(16-4-1)37-17-13-20-40(33-37)56(50-27-14-24-47-44-23-9-12-28-51(44)58-54(47)50)41-30-32-46-45-31-29-39(34-52(45)57-53(46)35-41)55(38-18-5-2-6-19-38)48-25-10-7-21-42(48)43-22-8-11-26-49(43)55;1-3-14-32(15-4-1)49(42-22-10-7-18-36(42)37-19-8-11-23-43(37)49)33-26-29-47-41(30-33)40-21-13-24-44(48(40)52-47)50(34-16-5-2-6-17-34)35-27-28-39-38-20-9-12-25-45(38)51-46(39)31-35/h1-35H;1-31H. The van der Waals surface area contributed by atoms with Gasteiger partial charge in [0, 0.05) is 90.7 Å². The van der Waals surface area contributed by atoms with Gasteiger partial charge in [-0.2, -0.15) is 0 Å². The number of hydrogen-bond acceptors (Lipinski definition) is 6. The molecule has 6 heteroatoms. The highest BCUT2D eigenvalue weighted by atomic mass is 32.1. The maximum atomic E-state index is 6.38. The van der Waals surface area contributed by atoms with Crippen molar-refractivity contribution < 1.29 is 4.42 Å². The van der Waals surface area contributed by atoms with Crippen LogP contribution in [0.3, 0.4) is 0 Å². The quantitative estimate of drug-likeness (QED) is 0.129. The highest BCUT2D eigenvalue weighted by Crippen LogP contribution is 2.60. The van der Waals surface area contributed by atoms with Crippen LogP contribution in [0.1, 0.15) is 44.5 Å². The van der Waals surface area contributed by atoms with E-state index in [1.807, 2.05) is 46.1 Å². The van der Waals surface area contributed by atoms with Crippen LogP contribution in [0.15, 0.2) is 405 Å². The molecule has 110 heavy (non-hydrogen) atoms. The van der Waals surface area contributed by atoms with E-state index in [2.05, 4.69) is 398 Å². The van der Waals surface area contributed by atoms with E-state index >= 15 is 0 Å². The normalized spacial score (nSPS) is 13.1. The second kappa shape index (κ2) is 25.8. The van der Waals surface area contributed by atoms with Crippen LogP contribution in [0.2, 0.25) is 0 Å². The van der Waals surface area contributed by atoms with E-state index in [0.29, 0.717) is 0 Å². The molecule has 0 saturated carbocycles. The molecule has 0 aliphatic heterocycles. The zero-order chi connectivity index (χ0) is 72.4. The SMILES string of the molecule is c1ccc(-c2cccc(N(c3ccc4c(c3)sc3cc(C5(c6ccccc6)c6ccccc6-c6ccccc65)ccc34)c3cccc4c3sc3ccccc34)c2)cc1.c1ccc(N(c2ccc3c(c2)oc2ccccc23)c2cccc3c2sc2ccc(C4(c5ccccc5)c5ccccc5-c5ccccc54)cc23)cc1. The van der Waals surface area contributed by atoms with Gasteiger partial charge in [0.1, 0.15) is 11.2 Å². The lowest BCUT2D eigenvalue weighted by Gasteiger charge is -2.34. The van der Waals surface area contributed by atoms with Crippen LogP contribution in [-0.2, 0) is 10.8 Å². The summed E-state index contributed by atoms with van der Waals surface area (Å²) in [5.74, 6) is 0. The van der Waals surface area contributed by atoms with E-state index < -0.39 is 10.8 Å². The summed E-state index contributed by atoms with van der Waals surface area (Å²) in [6.07, 6.45) is 0. The Labute approximate surface area is 649 Å². The molecule has 2 aliphatic carbocycles. The molecule has 4 aromatic heterocycles. The molecule has 0 bridgehead atoms. The number of anilines is 6. The molecule has 23 rings (SSSR count). The molecule has 4 heterocycles. The number of fused-ring (bicyclic) bond motifs is 18. The Kier molecular flexibility index (Phi) is 15.0. The predicted molar refractivity (Wildman–Crippen MR) is 468 cm³/mol. The molecule has 21 aromatic rings. The molecule has 0 radical (unpaired) electrons. The van der Waals surface area contributed by atoms with Crippen LogP contribution in [0, 0.1) is 0 Å². The molecule has 0 N–H and O–H groups in total. The minimum absolute atomic E-state index is 0.423. The summed E-state index contributed by atoms with van der Waals surface area (Å²) >= 11 is 5.64. The van der Waals surface area contributed by atoms with Crippen LogP contribution in [0.25, 0.3) is 116 Å². The van der Waals surface area contributed by atoms with Gasteiger partial charge < -0.3 is 14.2 Å². The van der Waals surface area contributed by atoms with Crippen LogP contribution in [0.4, 0.5) is 34.1 Å². The van der Waals surface area contributed by atoms with Gasteiger partial charge in [-0.1, -0.05) is 303 Å². The highest BCUT2D eigenvalue weighted by Gasteiger charge is 2.48. The number of furan rings is 1. The van der Waals surface area contributed by atoms with Gasteiger partial charge in [-0.3, -0.25) is 0 Å². The molecular formula is C104H66N2OS3. The molecule has 17 aromatic carbocycles. The smallest absolute Gasteiger partial charge is 0.137 e. The van der Waals surface area contributed by atoms with Crippen molar-refractivity contribution in [1.82, 2.24) is 0 Å². The van der Waals surface area contributed by atoms with Crippen LogP contribution >= 0.6 is 34.0 Å². The first-order valence-corrected chi connectivity index (χ1v) is 40.0. The molecule has 0 amide bonds. The van der Waals surface area contributed by atoms with Gasteiger partial charge >= 0.3 is 0 Å². The lowest BCUT2D eigenvalue weighted by Crippen LogP contribution is -2.28. The summed E-state index contributed by atoms with van der Waals surface area (Å²) in [6.45, 7) is 0. The molecule has 0 fully saturated rings. The van der Waals surface area contributed by atoms with Crippen LogP contribution < -0.4 is 9.80 Å². The van der Waals surface area contributed by atoms with Gasteiger partial charge in [-0.05, 0) is 169 Å². The summed E-state index contributed by atoms with van der Waals surface area (Å²) in [5.41, 5.74) is 25.9. The van der Waals surface area contributed by atoms with E-state index in [4.69, 9.17) is 4.42 Å². The molecule has 0 saturated heterocycles. The fourth-order valence-corrected chi connectivity index (χ4v) is 22.0. The summed E-state index contributed by atoms with van der Waals surface area (Å²) in [4.78, 5) is 4.84. The Hall–Kier alpha value is -13.2. The van der Waals surface area contributed by atoms with Crippen LogP contribution in [-0.4, -0.2) is 0 Å². The van der Waals surface area contributed by atoms with E-state index in [1.165, 1.54) is 144 Å². The minimum Gasteiger partial charge on any atom is -0.456 e. The van der Waals surface area contributed by atoms with E-state index in [9.17, 15) is 0 Å². The van der Waals surface area contributed by atoms with Gasteiger partial charge in [-0.25, -0.2) is 0 Å². The number of nitrogens with zero attached hydrogens (tertiary/aromatic N) is 2. The second-order valence-electron chi connectivity index (χ2n) is 28.8. The second-order valence-corrected chi connectivity index (χ2v) is 32.0. The Morgan fingerprint density at radius 2 is 0.609 bits per heavy atom. The maximum Gasteiger partial charge on any atom is 0.137 e. The van der Waals surface area contributed by atoms with Crippen molar-refractivity contribution in [3.8, 4) is 33.4 Å². The van der Waals surface area contributed by atoms with Crippen molar-refractivity contribution >= 4 is 151 Å². The van der Waals surface area contributed by atoms with Crippen molar-refractivity contribution in [2.24, 2.45) is 0 Å². The first kappa shape index (κ1) is 64.0. The van der Waals surface area contributed by atoms with Crippen LogP contribution in [0.5, 0.6) is 0 Å². The first-order valence-electron chi connectivity index (χ1n) is 37.6. The average Bonchev–Trinajstić information content (AvgIpc) is 1.55. The fraction of sp³-hybridized carbons (Fsp3) is 0.0192. The fourth-order valence-electron chi connectivity index (χ4n) is 18.4. The Morgan fingerprint density at radius 3 is 1.23 bits per heavy atom. The van der Waals surface area contributed by atoms with Gasteiger partial charge in [0.2, 0.25) is 0 Å². The number of hydrogen-bond donors (Lipinski definition) is 0. The van der Waals surface area contributed by atoms with Crippen molar-refractivity contribution in [1.29, 1.82) is 0 Å². The summed E-state index contributed by atoms with van der Waals surface area (Å²) in [6, 6.07) is 147. The first-order chi connectivity index (χ1) is 54.5. The van der Waals surface area contributed by atoms with Crippen molar-refractivity contribution in [2.45, 2.75) is 10.8 Å². The van der Waals surface area contributed by atoms with Gasteiger partial charge in [0.05, 0.1) is 31.6 Å². The molecular weight excluding hydrogens is 1390 g/mol. The number of thiophene rings is 3. The zero-order valence-electron chi connectivity index (χ0n) is 59.6. The molecule has 516 valence electrons. The summed E-state index contributed by atoms with van der Waals surface area (Å²) in [7, 11) is 0. The predicted octanol–water partition coefficient (Wildman–Crippen LogP) is 29.7. The monoisotopic (exact) mass is 1450 g/mol. The number of rotatable bonds is 11. The van der Waals surface area contributed by atoms with E-state index in [1.54, 1.807) is 0 Å². The van der Waals surface area contributed by atoms with Gasteiger partial charge in [0.25, 0.3) is 0 Å². The lowest BCUT2D eigenvalue weighted by molar-refractivity contribution is 0.669. The third-order valence-corrected chi connectivity index (χ3v) is 26.6. The Balaban J connectivity index is 0.000000136. The number of benzene rings is 17. The summed E-state index contributed by atoms with van der Waals surface area (Å²) < 4.78 is 14.1. The molecule has 2 aliphatic rings. The van der Waals surface area contributed by atoms with Crippen molar-refractivity contribution in [2.75, 3.05) is 9.80 Å². The highest BCUT2D eigenvalue weighted by molar-refractivity contribution is 7.27. The number of para-hydroxylation sites is 2. The summed E-state index contributed by atoms with van der Waals surface area (Å²) in [5, 5.41) is 9.97. The topological polar surface area (TPSA) is 19.6 Å². The zero-order valence-corrected chi connectivity index (χ0v) is 62.1. The Bertz CT molecular complexity index is 7100. The van der Waals surface area contributed by atoms with E-state index in [0.717, 1.165) is 50.4 Å².